The highest BCUT2D eigenvalue weighted by atomic mass is 16.6. The van der Waals surface area contributed by atoms with E-state index in [0.29, 0.717) is 11.6 Å². The molecule has 3 unspecified atom stereocenters. The van der Waals surface area contributed by atoms with Gasteiger partial charge in [0, 0.05) is 17.0 Å². The highest BCUT2D eigenvalue weighted by molar-refractivity contribution is 5.77. The van der Waals surface area contributed by atoms with Crippen molar-refractivity contribution >= 4 is 0 Å². The standard InChI is InChI=1S/C28H25NO3/c30-23-15-7-9-19(18-23)17-22-14-8-16-24-28(22,32-24)27-29-25(20-10-3-1-4-11-20)26(31-27)21-12-5-2-6-13-21/h1-7,9-13,15,18,22,24,30H,8,14,16-17H2. The van der Waals surface area contributed by atoms with Gasteiger partial charge in [0.2, 0.25) is 5.89 Å². The van der Waals surface area contributed by atoms with Crippen molar-refractivity contribution in [2.24, 2.45) is 5.92 Å². The first-order valence-electron chi connectivity index (χ1n) is 11.3. The lowest BCUT2D eigenvalue weighted by Gasteiger charge is -2.26. The van der Waals surface area contributed by atoms with Crippen LogP contribution in [0.5, 0.6) is 5.75 Å². The number of phenolic OH excluding ortho intramolecular Hbond substituents is 1. The Labute approximate surface area is 187 Å². The molecule has 2 heterocycles. The fourth-order valence-electron chi connectivity index (χ4n) is 5.25. The summed E-state index contributed by atoms with van der Waals surface area (Å²) >= 11 is 0. The van der Waals surface area contributed by atoms with Crippen LogP contribution in [0.25, 0.3) is 22.6 Å². The smallest absolute Gasteiger partial charge is 0.230 e. The largest absolute Gasteiger partial charge is 0.508 e. The number of fused-ring (bicyclic) bond motifs is 1. The second-order valence-corrected chi connectivity index (χ2v) is 8.83. The maximum absolute atomic E-state index is 9.93. The summed E-state index contributed by atoms with van der Waals surface area (Å²) in [5, 5.41) is 9.93. The van der Waals surface area contributed by atoms with Crippen molar-refractivity contribution < 1.29 is 14.3 Å². The first-order valence-corrected chi connectivity index (χ1v) is 11.3. The van der Waals surface area contributed by atoms with Gasteiger partial charge in [-0.25, -0.2) is 4.98 Å². The summed E-state index contributed by atoms with van der Waals surface area (Å²) < 4.78 is 12.9. The molecule has 1 aliphatic carbocycles. The van der Waals surface area contributed by atoms with Gasteiger partial charge < -0.3 is 14.3 Å². The van der Waals surface area contributed by atoms with E-state index in [4.69, 9.17) is 14.1 Å². The van der Waals surface area contributed by atoms with E-state index in [1.165, 1.54) is 0 Å². The van der Waals surface area contributed by atoms with Gasteiger partial charge in [-0.1, -0.05) is 79.2 Å². The Morgan fingerprint density at radius 1 is 0.875 bits per heavy atom. The van der Waals surface area contributed by atoms with E-state index in [9.17, 15) is 5.11 Å². The van der Waals surface area contributed by atoms with Crippen LogP contribution in [0.2, 0.25) is 0 Å². The third-order valence-corrected chi connectivity index (χ3v) is 6.82. The van der Waals surface area contributed by atoms with Crippen molar-refractivity contribution in [1.82, 2.24) is 4.98 Å². The fraction of sp³-hybridized carbons (Fsp3) is 0.250. The number of epoxide rings is 1. The molecule has 1 aliphatic heterocycles. The van der Waals surface area contributed by atoms with Crippen LogP contribution in [0.1, 0.15) is 30.7 Å². The molecular formula is C28H25NO3. The molecule has 1 saturated carbocycles. The van der Waals surface area contributed by atoms with Crippen LogP contribution < -0.4 is 0 Å². The Balaban J connectivity index is 1.43. The van der Waals surface area contributed by atoms with Crippen molar-refractivity contribution in [1.29, 1.82) is 0 Å². The average Bonchev–Trinajstić information content (AvgIpc) is 3.43. The van der Waals surface area contributed by atoms with E-state index in [1.54, 1.807) is 6.07 Å². The summed E-state index contributed by atoms with van der Waals surface area (Å²) in [6.07, 6.45) is 4.18. The predicted octanol–water partition coefficient (Wildman–Crippen LogP) is 6.35. The highest BCUT2D eigenvalue weighted by Gasteiger charge is 2.67. The lowest BCUT2D eigenvalue weighted by molar-refractivity contribution is 0.171. The highest BCUT2D eigenvalue weighted by Crippen LogP contribution is 2.59. The molecule has 2 aliphatic rings. The number of hydrogen-bond donors (Lipinski definition) is 1. The fourth-order valence-corrected chi connectivity index (χ4v) is 5.25. The number of benzene rings is 3. The molecule has 1 saturated heterocycles. The van der Waals surface area contributed by atoms with Gasteiger partial charge in [-0.15, -0.1) is 0 Å². The zero-order chi connectivity index (χ0) is 21.5. The number of aromatic nitrogens is 1. The van der Waals surface area contributed by atoms with E-state index in [2.05, 4.69) is 30.3 Å². The van der Waals surface area contributed by atoms with E-state index in [1.807, 2.05) is 48.5 Å². The number of hydrogen-bond acceptors (Lipinski definition) is 4. The normalized spacial score (nSPS) is 24.1. The van der Waals surface area contributed by atoms with Gasteiger partial charge in [-0.3, -0.25) is 0 Å². The van der Waals surface area contributed by atoms with Gasteiger partial charge in [0.25, 0.3) is 0 Å². The Morgan fingerprint density at radius 2 is 1.62 bits per heavy atom. The van der Waals surface area contributed by atoms with E-state index in [-0.39, 0.29) is 12.0 Å². The monoisotopic (exact) mass is 423 g/mol. The molecule has 32 heavy (non-hydrogen) atoms. The Bertz CT molecular complexity index is 1180. The first kappa shape index (κ1) is 19.3. The molecule has 4 aromatic rings. The van der Waals surface area contributed by atoms with Crippen molar-refractivity contribution in [2.75, 3.05) is 0 Å². The zero-order valence-corrected chi connectivity index (χ0v) is 17.8. The minimum atomic E-state index is -0.486. The van der Waals surface area contributed by atoms with Crippen molar-refractivity contribution in [3.63, 3.8) is 0 Å². The van der Waals surface area contributed by atoms with Gasteiger partial charge in [-0.05, 0) is 37.0 Å². The summed E-state index contributed by atoms with van der Waals surface area (Å²) in [4.78, 5) is 5.06. The number of oxazole rings is 1. The van der Waals surface area contributed by atoms with Crippen LogP contribution in [0, 0.1) is 5.92 Å². The lowest BCUT2D eigenvalue weighted by Crippen LogP contribution is -2.30. The molecule has 0 spiro atoms. The molecule has 1 N–H and O–H groups in total. The van der Waals surface area contributed by atoms with Crippen LogP contribution in [-0.4, -0.2) is 16.2 Å². The van der Waals surface area contributed by atoms with Gasteiger partial charge >= 0.3 is 0 Å². The maximum Gasteiger partial charge on any atom is 0.230 e. The molecule has 1 aromatic heterocycles. The number of aromatic hydroxyl groups is 1. The molecule has 3 aromatic carbocycles. The SMILES string of the molecule is Oc1cccc(CC2CCCC3OC23c2nc(-c3ccccc3)c(-c3ccccc3)o2)c1. The van der Waals surface area contributed by atoms with E-state index in [0.717, 1.165) is 53.8 Å². The minimum Gasteiger partial charge on any atom is -0.508 e. The summed E-state index contributed by atoms with van der Waals surface area (Å²) in [5.74, 6) is 2.03. The molecule has 0 bridgehead atoms. The third-order valence-electron chi connectivity index (χ3n) is 6.82. The van der Waals surface area contributed by atoms with Crippen molar-refractivity contribution in [3.05, 3.63) is 96.4 Å². The van der Waals surface area contributed by atoms with Crippen molar-refractivity contribution in [3.8, 4) is 28.3 Å². The molecule has 4 heteroatoms. The first-order chi connectivity index (χ1) is 15.7. The Morgan fingerprint density at radius 3 is 2.38 bits per heavy atom. The maximum atomic E-state index is 9.93. The molecule has 0 radical (unpaired) electrons. The number of nitrogens with zero attached hydrogens (tertiary/aromatic N) is 1. The Kier molecular flexibility index (Phi) is 4.62. The van der Waals surface area contributed by atoms with Gasteiger partial charge in [-0.2, -0.15) is 0 Å². The van der Waals surface area contributed by atoms with Gasteiger partial charge in [0.1, 0.15) is 11.4 Å². The van der Waals surface area contributed by atoms with Crippen LogP contribution in [-0.2, 0) is 16.8 Å². The summed E-state index contributed by atoms with van der Waals surface area (Å²) in [6.45, 7) is 0. The Hall–Kier alpha value is -3.37. The second-order valence-electron chi connectivity index (χ2n) is 8.83. The summed E-state index contributed by atoms with van der Waals surface area (Å²) in [6, 6.07) is 27.9. The summed E-state index contributed by atoms with van der Waals surface area (Å²) in [5.41, 5.74) is 3.54. The minimum absolute atomic E-state index is 0.143. The van der Waals surface area contributed by atoms with Gasteiger partial charge in [0.05, 0.1) is 6.10 Å². The van der Waals surface area contributed by atoms with Crippen LogP contribution >= 0.6 is 0 Å². The summed E-state index contributed by atoms with van der Waals surface area (Å²) in [7, 11) is 0. The molecular weight excluding hydrogens is 398 g/mol. The molecule has 2 fully saturated rings. The van der Waals surface area contributed by atoms with Crippen LogP contribution in [0.15, 0.2) is 89.3 Å². The quantitative estimate of drug-likeness (QED) is 0.380. The average molecular weight is 424 g/mol. The number of rotatable bonds is 5. The van der Waals surface area contributed by atoms with Crippen LogP contribution in [0.4, 0.5) is 0 Å². The second kappa shape index (κ2) is 7.64. The number of phenols is 1. The lowest BCUT2D eigenvalue weighted by atomic mass is 9.75. The zero-order valence-electron chi connectivity index (χ0n) is 17.8. The van der Waals surface area contributed by atoms with Crippen LogP contribution in [0.3, 0.4) is 0 Å². The predicted molar refractivity (Wildman–Crippen MR) is 123 cm³/mol. The topological polar surface area (TPSA) is 58.8 Å². The van der Waals surface area contributed by atoms with E-state index >= 15 is 0 Å². The van der Waals surface area contributed by atoms with E-state index < -0.39 is 5.60 Å². The molecule has 3 atom stereocenters. The number of ether oxygens (including phenoxy) is 1. The molecule has 6 rings (SSSR count). The molecule has 160 valence electrons. The molecule has 0 amide bonds. The van der Waals surface area contributed by atoms with Crippen molar-refractivity contribution in [2.45, 2.75) is 37.4 Å². The molecule has 4 nitrogen and oxygen atoms in total. The third kappa shape index (κ3) is 3.23. The van der Waals surface area contributed by atoms with Gasteiger partial charge in [0.15, 0.2) is 11.4 Å².